The fourth-order valence-electron chi connectivity index (χ4n) is 1.49. The average molecular weight is 325 g/mol. The fraction of sp³-hybridized carbons (Fsp3) is 0.0909. The molecule has 0 aliphatic carbocycles. The van der Waals surface area contributed by atoms with E-state index in [1.165, 1.54) is 12.4 Å². The predicted molar refractivity (Wildman–Crippen MR) is 72.1 cm³/mol. The molecule has 0 saturated heterocycles. The van der Waals surface area contributed by atoms with Crippen molar-refractivity contribution in [1.82, 2.24) is 9.97 Å². The number of halogens is 1. The molecule has 0 saturated carbocycles. The number of nitro benzene ring substituents is 1. The number of hydrogen-bond acceptors (Lipinski definition) is 6. The molecule has 1 heterocycles. The highest BCUT2D eigenvalue weighted by Gasteiger charge is 2.20. The Kier molecular flexibility index (Phi) is 3.61. The van der Waals surface area contributed by atoms with Crippen LogP contribution >= 0.6 is 15.9 Å². The summed E-state index contributed by atoms with van der Waals surface area (Å²) in [4.78, 5) is 18.2. The van der Waals surface area contributed by atoms with Gasteiger partial charge in [-0.05, 0) is 28.9 Å². The molecule has 0 atom stereocenters. The van der Waals surface area contributed by atoms with Crippen LogP contribution in [0.4, 0.5) is 11.5 Å². The number of para-hydroxylation sites is 1. The molecule has 0 radical (unpaired) electrons. The number of nitro groups is 1. The first-order valence-corrected chi connectivity index (χ1v) is 5.98. The van der Waals surface area contributed by atoms with E-state index >= 15 is 0 Å². The van der Waals surface area contributed by atoms with Gasteiger partial charge in [0.2, 0.25) is 11.6 Å². The summed E-state index contributed by atoms with van der Waals surface area (Å²) < 4.78 is 5.80. The first-order valence-electron chi connectivity index (χ1n) is 5.18. The maximum Gasteiger partial charge on any atom is 0.314 e. The predicted octanol–water partition coefficient (Wildman–Crippen LogP) is 2.83. The Morgan fingerprint density at radius 1 is 1.42 bits per heavy atom. The van der Waals surface area contributed by atoms with Crippen molar-refractivity contribution in [2.24, 2.45) is 0 Å². The lowest BCUT2D eigenvalue weighted by Crippen LogP contribution is -1.99. The van der Waals surface area contributed by atoms with Crippen molar-refractivity contribution in [3.8, 4) is 11.6 Å². The molecule has 98 valence electrons. The highest BCUT2D eigenvalue weighted by atomic mass is 79.9. The van der Waals surface area contributed by atoms with Crippen LogP contribution in [-0.4, -0.2) is 14.9 Å². The first kappa shape index (κ1) is 13.2. The molecule has 0 aliphatic heterocycles. The summed E-state index contributed by atoms with van der Waals surface area (Å²) in [6.45, 7) is 1.63. The average Bonchev–Trinajstić information content (AvgIpc) is 2.34. The van der Waals surface area contributed by atoms with E-state index in [9.17, 15) is 10.1 Å². The van der Waals surface area contributed by atoms with E-state index in [0.717, 1.165) is 0 Å². The van der Waals surface area contributed by atoms with Crippen LogP contribution in [0.25, 0.3) is 0 Å². The van der Waals surface area contributed by atoms with E-state index in [1.54, 1.807) is 19.1 Å². The molecule has 1 aromatic carbocycles. The molecule has 7 nitrogen and oxygen atoms in total. The number of hydrogen-bond donors (Lipinski definition) is 1. The van der Waals surface area contributed by atoms with Gasteiger partial charge in [0.25, 0.3) is 0 Å². The maximum absolute atomic E-state index is 11.0. The topological polar surface area (TPSA) is 104 Å². The molecule has 0 unspecified atom stereocenters. The summed E-state index contributed by atoms with van der Waals surface area (Å²) in [5, 5.41) is 11.0. The summed E-state index contributed by atoms with van der Waals surface area (Å²) >= 11 is 3.17. The Labute approximate surface area is 116 Å². The van der Waals surface area contributed by atoms with E-state index in [0.29, 0.717) is 10.0 Å². The molecule has 2 N–H and O–H groups in total. The molecule has 0 bridgehead atoms. The second-order valence-electron chi connectivity index (χ2n) is 3.66. The molecule has 2 rings (SSSR count). The van der Waals surface area contributed by atoms with Crippen molar-refractivity contribution in [3.63, 3.8) is 0 Å². The summed E-state index contributed by atoms with van der Waals surface area (Å²) in [6.07, 6.45) is 1.22. The summed E-state index contributed by atoms with van der Waals surface area (Å²) in [5.41, 5.74) is 5.99. The highest BCUT2D eigenvalue weighted by Crippen LogP contribution is 2.36. The SMILES string of the molecule is Cc1cccc(Oc2ncnc(N)c2Br)c1[N+](=O)[O-]. The molecule has 2 aromatic rings. The van der Waals surface area contributed by atoms with Crippen LogP contribution < -0.4 is 10.5 Å². The van der Waals surface area contributed by atoms with Gasteiger partial charge in [-0.2, -0.15) is 0 Å². The smallest absolute Gasteiger partial charge is 0.314 e. The number of ether oxygens (including phenoxy) is 1. The Morgan fingerprint density at radius 3 is 2.84 bits per heavy atom. The number of nitrogens with two attached hydrogens (primary N) is 1. The van der Waals surface area contributed by atoms with Crippen LogP contribution in [0, 0.1) is 17.0 Å². The number of nitrogen functional groups attached to an aromatic ring is 1. The summed E-state index contributed by atoms with van der Waals surface area (Å²) in [6, 6.07) is 4.79. The zero-order valence-corrected chi connectivity index (χ0v) is 11.4. The number of anilines is 1. The van der Waals surface area contributed by atoms with Gasteiger partial charge in [-0.25, -0.2) is 9.97 Å². The van der Waals surface area contributed by atoms with Crippen LogP contribution in [-0.2, 0) is 0 Å². The fourth-order valence-corrected chi connectivity index (χ4v) is 1.78. The Bertz CT molecular complexity index is 648. The lowest BCUT2D eigenvalue weighted by Gasteiger charge is -2.08. The van der Waals surface area contributed by atoms with Gasteiger partial charge >= 0.3 is 5.69 Å². The molecule has 0 amide bonds. The molecule has 0 spiro atoms. The third-order valence-corrected chi connectivity index (χ3v) is 3.12. The Morgan fingerprint density at radius 2 is 2.16 bits per heavy atom. The van der Waals surface area contributed by atoms with E-state index < -0.39 is 4.92 Å². The zero-order chi connectivity index (χ0) is 14.0. The minimum absolute atomic E-state index is 0.101. The zero-order valence-electron chi connectivity index (χ0n) is 9.83. The number of aryl methyl sites for hydroxylation is 1. The van der Waals surface area contributed by atoms with Crippen molar-refractivity contribution in [2.45, 2.75) is 6.92 Å². The molecule has 8 heteroatoms. The van der Waals surface area contributed by atoms with Crippen LogP contribution in [0.15, 0.2) is 29.0 Å². The largest absolute Gasteiger partial charge is 0.430 e. The molecular weight excluding hydrogens is 316 g/mol. The molecular formula is C11H9BrN4O3. The Hall–Kier alpha value is -2.22. The van der Waals surface area contributed by atoms with Crippen LogP contribution in [0.2, 0.25) is 0 Å². The summed E-state index contributed by atoms with van der Waals surface area (Å²) in [5.74, 6) is 0.422. The molecule has 1 aromatic heterocycles. The van der Waals surface area contributed by atoms with Crippen molar-refractivity contribution < 1.29 is 9.66 Å². The van der Waals surface area contributed by atoms with Gasteiger partial charge in [-0.3, -0.25) is 10.1 Å². The van der Waals surface area contributed by atoms with Crippen molar-refractivity contribution in [2.75, 3.05) is 5.73 Å². The minimum atomic E-state index is -0.497. The van der Waals surface area contributed by atoms with Gasteiger partial charge in [-0.1, -0.05) is 12.1 Å². The lowest BCUT2D eigenvalue weighted by atomic mass is 10.2. The van der Waals surface area contributed by atoms with Crippen molar-refractivity contribution >= 4 is 27.4 Å². The molecule has 0 aliphatic rings. The van der Waals surface area contributed by atoms with E-state index in [4.69, 9.17) is 10.5 Å². The van der Waals surface area contributed by atoms with Crippen molar-refractivity contribution in [3.05, 3.63) is 44.7 Å². The second-order valence-corrected chi connectivity index (χ2v) is 4.45. The van der Waals surface area contributed by atoms with Crippen LogP contribution in [0.5, 0.6) is 11.6 Å². The molecule has 0 fully saturated rings. The monoisotopic (exact) mass is 324 g/mol. The highest BCUT2D eigenvalue weighted by molar-refractivity contribution is 9.10. The van der Waals surface area contributed by atoms with Crippen LogP contribution in [0.3, 0.4) is 0 Å². The number of aromatic nitrogens is 2. The first-order chi connectivity index (χ1) is 9.00. The molecule has 19 heavy (non-hydrogen) atoms. The van der Waals surface area contributed by atoms with Gasteiger partial charge in [0, 0.05) is 5.56 Å². The Balaban J connectivity index is 2.47. The number of nitrogens with zero attached hydrogens (tertiary/aromatic N) is 3. The third kappa shape index (κ3) is 2.63. The maximum atomic E-state index is 11.0. The van der Waals surface area contributed by atoms with Gasteiger partial charge < -0.3 is 10.5 Å². The van der Waals surface area contributed by atoms with Gasteiger partial charge in [-0.15, -0.1) is 0 Å². The van der Waals surface area contributed by atoms with Crippen LogP contribution in [0.1, 0.15) is 5.56 Å². The van der Waals surface area contributed by atoms with Gasteiger partial charge in [0.1, 0.15) is 16.6 Å². The van der Waals surface area contributed by atoms with E-state index in [1.807, 2.05) is 0 Å². The third-order valence-electron chi connectivity index (χ3n) is 2.37. The van der Waals surface area contributed by atoms with E-state index in [2.05, 4.69) is 25.9 Å². The lowest BCUT2D eigenvalue weighted by molar-refractivity contribution is -0.386. The van der Waals surface area contributed by atoms with E-state index in [-0.39, 0.29) is 23.1 Å². The van der Waals surface area contributed by atoms with Gasteiger partial charge in [0.15, 0.2) is 0 Å². The second kappa shape index (κ2) is 5.19. The minimum Gasteiger partial charge on any atom is -0.430 e. The normalized spacial score (nSPS) is 10.2. The quantitative estimate of drug-likeness (QED) is 0.687. The number of benzene rings is 1. The van der Waals surface area contributed by atoms with Gasteiger partial charge in [0.05, 0.1) is 4.92 Å². The summed E-state index contributed by atoms with van der Waals surface area (Å²) in [7, 11) is 0. The standard InChI is InChI=1S/C11H9BrN4O3/c1-6-3-2-4-7(9(6)16(17)18)19-11-8(12)10(13)14-5-15-11/h2-5H,1H3,(H2,13,14,15). The van der Waals surface area contributed by atoms with Crippen molar-refractivity contribution in [1.29, 1.82) is 0 Å². The number of rotatable bonds is 3.